The van der Waals surface area contributed by atoms with E-state index in [2.05, 4.69) is 14.7 Å². The first kappa shape index (κ1) is 17.2. The number of halogens is 3. The Bertz CT molecular complexity index is 830. The molecule has 1 N–H and O–H groups in total. The Balaban J connectivity index is 2.93. The van der Waals surface area contributed by atoms with Crippen LogP contribution in [-0.4, -0.2) is 39.2 Å². The molecule has 24 heavy (non-hydrogen) atoms. The van der Waals surface area contributed by atoms with E-state index in [-0.39, 0.29) is 5.89 Å². The lowest BCUT2D eigenvalue weighted by molar-refractivity contribution is -0.386. The number of aromatic nitrogens is 2. The molecule has 1 aromatic heterocycles. The van der Waals surface area contributed by atoms with E-state index in [1.54, 1.807) is 0 Å². The molecule has 0 bridgehead atoms. The van der Waals surface area contributed by atoms with E-state index < -0.39 is 51.0 Å². The van der Waals surface area contributed by atoms with Crippen LogP contribution in [0.25, 0.3) is 11.4 Å². The summed E-state index contributed by atoms with van der Waals surface area (Å²) in [5.74, 6) is -4.84. The van der Waals surface area contributed by atoms with Crippen LogP contribution in [0.3, 0.4) is 0 Å². The van der Waals surface area contributed by atoms with Gasteiger partial charge in [0.2, 0.25) is 17.5 Å². The molecule has 12 heteroatoms. The summed E-state index contributed by atoms with van der Waals surface area (Å²) >= 11 is 0. The highest BCUT2D eigenvalue weighted by Crippen LogP contribution is 2.45. The van der Waals surface area contributed by atoms with Gasteiger partial charge in [-0.2, -0.15) is 18.2 Å². The quantitative estimate of drug-likeness (QED) is 0.507. The van der Waals surface area contributed by atoms with Crippen LogP contribution < -0.4 is 4.74 Å². The van der Waals surface area contributed by atoms with Crippen LogP contribution in [0.5, 0.6) is 11.5 Å². The Morgan fingerprint density at radius 3 is 2.50 bits per heavy atom. The number of alkyl halides is 3. The van der Waals surface area contributed by atoms with Crippen LogP contribution >= 0.6 is 0 Å². The number of carbonyl (C=O) groups excluding carboxylic acids is 1. The van der Waals surface area contributed by atoms with Gasteiger partial charge in [0.15, 0.2) is 5.75 Å². The lowest BCUT2D eigenvalue weighted by atomic mass is 9.98. The molecule has 1 heterocycles. The molecule has 0 spiro atoms. The van der Waals surface area contributed by atoms with Crippen LogP contribution in [0.4, 0.5) is 18.9 Å². The SMILES string of the molecule is COc1cc(-c2noc(C)n2)c(C(=O)C(F)(F)F)c([N+](=O)[O-])c1O. The summed E-state index contributed by atoms with van der Waals surface area (Å²) in [6.45, 7) is 1.33. The van der Waals surface area contributed by atoms with E-state index in [1.807, 2.05) is 0 Å². The summed E-state index contributed by atoms with van der Waals surface area (Å²) in [6.07, 6.45) is -5.43. The van der Waals surface area contributed by atoms with Crippen molar-refractivity contribution in [2.45, 2.75) is 13.1 Å². The smallest absolute Gasteiger partial charge is 0.455 e. The highest BCUT2D eigenvalue weighted by atomic mass is 19.4. The summed E-state index contributed by atoms with van der Waals surface area (Å²) in [6, 6.07) is 0.783. The fraction of sp³-hybridized carbons (Fsp3) is 0.250. The van der Waals surface area contributed by atoms with E-state index >= 15 is 0 Å². The van der Waals surface area contributed by atoms with Gasteiger partial charge in [-0.3, -0.25) is 14.9 Å². The van der Waals surface area contributed by atoms with Crippen LogP contribution in [0.1, 0.15) is 16.2 Å². The molecule has 0 aliphatic heterocycles. The maximum absolute atomic E-state index is 12.8. The molecule has 2 rings (SSSR count). The highest BCUT2D eigenvalue weighted by Gasteiger charge is 2.46. The van der Waals surface area contributed by atoms with Gasteiger partial charge < -0.3 is 14.4 Å². The number of carbonyl (C=O) groups is 1. The molecule has 1 aromatic carbocycles. The summed E-state index contributed by atoms with van der Waals surface area (Å²) in [4.78, 5) is 25.1. The topological polar surface area (TPSA) is 129 Å². The maximum atomic E-state index is 12.8. The van der Waals surface area contributed by atoms with Gasteiger partial charge >= 0.3 is 11.9 Å². The minimum Gasteiger partial charge on any atom is -0.499 e. The van der Waals surface area contributed by atoms with Gasteiger partial charge in [-0.05, 0) is 6.07 Å². The Morgan fingerprint density at radius 1 is 1.46 bits per heavy atom. The summed E-state index contributed by atoms with van der Waals surface area (Å²) in [7, 11) is 1.02. The maximum Gasteiger partial charge on any atom is 0.455 e. The normalized spacial score (nSPS) is 11.4. The third-order valence-corrected chi connectivity index (χ3v) is 2.89. The number of hydrogen-bond acceptors (Lipinski definition) is 8. The molecule has 128 valence electrons. The predicted molar refractivity (Wildman–Crippen MR) is 69.7 cm³/mol. The van der Waals surface area contributed by atoms with Crippen LogP contribution in [0, 0.1) is 17.0 Å². The zero-order valence-electron chi connectivity index (χ0n) is 12.0. The van der Waals surface area contributed by atoms with Crippen molar-refractivity contribution in [3.05, 3.63) is 27.6 Å². The van der Waals surface area contributed by atoms with Gasteiger partial charge in [-0.1, -0.05) is 5.16 Å². The van der Waals surface area contributed by atoms with Gasteiger partial charge in [-0.25, -0.2) is 0 Å². The zero-order valence-corrected chi connectivity index (χ0v) is 12.0. The Morgan fingerprint density at radius 2 is 2.08 bits per heavy atom. The Kier molecular flexibility index (Phi) is 4.14. The van der Waals surface area contributed by atoms with Crippen LogP contribution in [-0.2, 0) is 0 Å². The molecule has 0 aliphatic carbocycles. The number of phenolic OH excluding ortho intramolecular Hbond substituents is 1. The van der Waals surface area contributed by atoms with Crippen molar-refractivity contribution in [1.29, 1.82) is 0 Å². The van der Waals surface area contributed by atoms with Crippen molar-refractivity contribution in [3.63, 3.8) is 0 Å². The average Bonchev–Trinajstić information content (AvgIpc) is 2.90. The zero-order chi connectivity index (χ0) is 18.2. The Hall–Kier alpha value is -3.18. The number of phenols is 1. The number of Topliss-reactive ketones (excluding diaryl/α,β-unsaturated/α-hetero) is 1. The van der Waals surface area contributed by atoms with Crippen LogP contribution in [0.15, 0.2) is 10.6 Å². The van der Waals surface area contributed by atoms with Gasteiger partial charge in [0.05, 0.1) is 12.0 Å². The second kappa shape index (κ2) is 5.79. The number of hydrogen-bond donors (Lipinski definition) is 1. The third kappa shape index (κ3) is 2.85. The molecule has 2 aromatic rings. The minimum absolute atomic E-state index is 0.0508. The molecule has 9 nitrogen and oxygen atoms in total. The number of aromatic hydroxyl groups is 1. The fourth-order valence-corrected chi connectivity index (χ4v) is 1.92. The molecule has 0 saturated heterocycles. The largest absolute Gasteiger partial charge is 0.499 e. The monoisotopic (exact) mass is 347 g/mol. The third-order valence-electron chi connectivity index (χ3n) is 2.89. The summed E-state index contributed by atoms with van der Waals surface area (Å²) < 4.78 is 47.8. The lowest BCUT2D eigenvalue weighted by Crippen LogP contribution is -2.24. The van der Waals surface area contributed by atoms with Crippen molar-refractivity contribution >= 4 is 11.5 Å². The van der Waals surface area contributed by atoms with E-state index in [9.17, 15) is 33.2 Å². The second-order valence-electron chi connectivity index (χ2n) is 4.42. The predicted octanol–water partition coefficient (Wildman–Crippen LogP) is 2.41. The number of aryl methyl sites for hydroxylation is 1. The van der Waals surface area contributed by atoms with Crippen LogP contribution in [0.2, 0.25) is 0 Å². The first-order chi connectivity index (χ1) is 11.1. The van der Waals surface area contributed by atoms with E-state index in [1.165, 1.54) is 6.92 Å². The lowest BCUT2D eigenvalue weighted by Gasteiger charge is -2.12. The molecule has 0 unspecified atom stereocenters. The molecule has 0 aliphatic rings. The van der Waals surface area contributed by atoms with E-state index in [0.717, 1.165) is 13.2 Å². The number of ether oxygens (including phenoxy) is 1. The molecule has 0 atom stereocenters. The number of nitro benzene ring substituents is 1. The second-order valence-corrected chi connectivity index (χ2v) is 4.42. The van der Waals surface area contributed by atoms with E-state index in [4.69, 9.17) is 4.74 Å². The average molecular weight is 347 g/mol. The molecular formula is C12H8F3N3O6. The molecule has 0 fully saturated rings. The first-order valence-electron chi connectivity index (χ1n) is 6.08. The number of benzene rings is 1. The minimum atomic E-state index is -5.43. The molecular weight excluding hydrogens is 339 g/mol. The number of ketones is 1. The molecule has 0 saturated carbocycles. The van der Waals surface area contributed by atoms with Gasteiger partial charge in [0.1, 0.15) is 5.56 Å². The standard InChI is InChI=1S/C12H8F3N3O6/c1-4-16-11(17-24-4)5-3-6(23-2)9(19)8(18(21)22)7(5)10(20)12(13,14)15/h3,19H,1-2H3. The van der Waals surface area contributed by atoms with Gasteiger partial charge in [0, 0.05) is 12.5 Å². The number of methoxy groups -OCH3 is 1. The van der Waals surface area contributed by atoms with Crippen molar-refractivity contribution in [2.24, 2.45) is 0 Å². The number of nitrogens with zero attached hydrogens (tertiary/aromatic N) is 3. The summed E-state index contributed by atoms with van der Waals surface area (Å²) in [5, 5.41) is 24.3. The van der Waals surface area contributed by atoms with Crippen molar-refractivity contribution in [1.82, 2.24) is 10.1 Å². The highest BCUT2D eigenvalue weighted by molar-refractivity contribution is 6.09. The molecule has 0 radical (unpaired) electrons. The first-order valence-corrected chi connectivity index (χ1v) is 6.08. The van der Waals surface area contributed by atoms with E-state index in [0.29, 0.717) is 0 Å². The Labute approximate surface area is 130 Å². The van der Waals surface area contributed by atoms with Gasteiger partial charge in [0.25, 0.3) is 5.78 Å². The number of nitro groups is 1. The molecule has 0 amide bonds. The van der Waals surface area contributed by atoms with Gasteiger partial charge in [-0.15, -0.1) is 0 Å². The van der Waals surface area contributed by atoms with Crippen molar-refractivity contribution < 1.29 is 37.3 Å². The number of rotatable bonds is 4. The fourth-order valence-electron chi connectivity index (χ4n) is 1.92. The summed E-state index contributed by atoms with van der Waals surface area (Å²) in [5.41, 5.74) is -3.53. The van der Waals surface area contributed by atoms with Crippen molar-refractivity contribution in [2.75, 3.05) is 7.11 Å². The van der Waals surface area contributed by atoms with Crippen molar-refractivity contribution in [3.8, 4) is 22.9 Å².